The molecule has 26 heavy (non-hydrogen) atoms. The van der Waals surface area contributed by atoms with Crippen LogP contribution < -0.4 is 16.4 Å². The smallest absolute Gasteiger partial charge is 0.314 e. The number of urea groups is 1. The summed E-state index contributed by atoms with van der Waals surface area (Å²) in [5, 5.41) is 7.12. The number of halogens is 1. The van der Waals surface area contributed by atoms with Crippen molar-refractivity contribution in [3.05, 3.63) is 35.4 Å². The van der Waals surface area contributed by atoms with Gasteiger partial charge < -0.3 is 21.3 Å². The van der Waals surface area contributed by atoms with Crippen molar-refractivity contribution in [1.29, 1.82) is 0 Å². The van der Waals surface area contributed by atoms with Gasteiger partial charge in [-0.05, 0) is 44.2 Å². The Morgan fingerprint density at radius 3 is 2.58 bits per heavy atom. The molecule has 3 rings (SSSR count). The highest BCUT2D eigenvalue weighted by Gasteiger charge is 2.40. The summed E-state index contributed by atoms with van der Waals surface area (Å²) < 4.78 is 0. The van der Waals surface area contributed by atoms with Crippen LogP contribution in [0.25, 0.3) is 0 Å². The van der Waals surface area contributed by atoms with E-state index in [4.69, 9.17) is 5.73 Å². The fourth-order valence-corrected chi connectivity index (χ4v) is 3.61. The van der Waals surface area contributed by atoms with Crippen molar-refractivity contribution in [2.24, 2.45) is 10.7 Å². The maximum Gasteiger partial charge on any atom is 0.314 e. The minimum absolute atomic E-state index is 0. The van der Waals surface area contributed by atoms with Gasteiger partial charge in [-0.2, -0.15) is 0 Å². The lowest BCUT2D eigenvalue weighted by Crippen LogP contribution is -2.51. The van der Waals surface area contributed by atoms with Gasteiger partial charge in [-0.25, -0.2) is 4.79 Å². The van der Waals surface area contributed by atoms with Crippen molar-refractivity contribution in [2.75, 3.05) is 19.6 Å². The summed E-state index contributed by atoms with van der Waals surface area (Å²) in [6, 6.07) is 9.07. The molecule has 1 aromatic carbocycles. The van der Waals surface area contributed by atoms with Gasteiger partial charge in [0.1, 0.15) is 0 Å². The molecule has 4 N–H and O–H groups in total. The first-order chi connectivity index (χ1) is 12.1. The number of carbonyl (C=O) groups is 1. The van der Waals surface area contributed by atoms with Gasteiger partial charge in [-0.15, -0.1) is 24.0 Å². The van der Waals surface area contributed by atoms with Crippen molar-refractivity contribution in [3.63, 3.8) is 0 Å². The summed E-state index contributed by atoms with van der Waals surface area (Å²) >= 11 is 0. The number of benzene rings is 1. The summed E-state index contributed by atoms with van der Waals surface area (Å²) in [5.41, 5.74) is 8.14. The number of amides is 2. The third kappa shape index (κ3) is 5.25. The van der Waals surface area contributed by atoms with E-state index in [2.05, 4.69) is 46.8 Å². The molecule has 1 aliphatic heterocycles. The average Bonchev–Trinajstić information content (AvgIpc) is 3.35. The molecule has 6 nitrogen and oxygen atoms in total. The zero-order valence-electron chi connectivity index (χ0n) is 15.6. The largest absolute Gasteiger partial charge is 0.354 e. The molecule has 2 aliphatic rings. The number of hydrogen-bond donors (Lipinski definition) is 3. The van der Waals surface area contributed by atoms with Gasteiger partial charge in [0.25, 0.3) is 0 Å². The van der Waals surface area contributed by atoms with Crippen LogP contribution in [-0.2, 0) is 0 Å². The number of nitrogens with zero attached hydrogens (tertiary/aromatic N) is 2. The molecule has 1 saturated heterocycles. The van der Waals surface area contributed by atoms with Crippen LogP contribution in [0.5, 0.6) is 0 Å². The van der Waals surface area contributed by atoms with Crippen molar-refractivity contribution in [2.45, 2.75) is 51.1 Å². The SMILES string of the molecule is CCN=C(NC1CCN(C(N)=O)CC1)NC1CC1c1ccccc1C.I. The molecular weight excluding hydrogens is 441 g/mol. The number of guanidine groups is 1. The molecule has 0 spiro atoms. The fourth-order valence-electron chi connectivity index (χ4n) is 3.61. The number of rotatable bonds is 4. The second kappa shape index (κ2) is 9.43. The molecule has 144 valence electrons. The van der Waals surface area contributed by atoms with Gasteiger partial charge in [-0.1, -0.05) is 24.3 Å². The van der Waals surface area contributed by atoms with E-state index in [9.17, 15) is 4.79 Å². The number of likely N-dealkylation sites (tertiary alicyclic amines) is 1. The molecule has 0 radical (unpaired) electrons. The van der Waals surface area contributed by atoms with Crippen molar-refractivity contribution >= 4 is 36.0 Å². The molecule has 1 aromatic rings. The van der Waals surface area contributed by atoms with Crippen LogP contribution in [0.4, 0.5) is 4.79 Å². The van der Waals surface area contributed by atoms with Gasteiger partial charge in [-0.3, -0.25) is 4.99 Å². The maximum absolute atomic E-state index is 11.2. The molecule has 2 atom stereocenters. The maximum atomic E-state index is 11.2. The lowest BCUT2D eigenvalue weighted by atomic mass is 10.0. The predicted octanol–water partition coefficient (Wildman–Crippen LogP) is 2.57. The Morgan fingerprint density at radius 2 is 1.96 bits per heavy atom. The zero-order valence-corrected chi connectivity index (χ0v) is 17.9. The molecule has 1 saturated carbocycles. The molecule has 7 heteroatoms. The van der Waals surface area contributed by atoms with Crippen molar-refractivity contribution in [3.8, 4) is 0 Å². The average molecular weight is 471 g/mol. The third-order valence-electron chi connectivity index (χ3n) is 5.16. The van der Waals surface area contributed by atoms with E-state index in [1.54, 1.807) is 4.90 Å². The number of nitrogens with one attached hydrogen (secondary N) is 2. The van der Waals surface area contributed by atoms with E-state index in [0.717, 1.165) is 31.8 Å². The second-order valence-corrected chi connectivity index (χ2v) is 7.02. The third-order valence-corrected chi connectivity index (χ3v) is 5.16. The van der Waals surface area contributed by atoms with Gasteiger partial charge in [0, 0.05) is 37.6 Å². The highest BCUT2D eigenvalue weighted by atomic mass is 127. The van der Waals surface area contributed by atoms with E-state index in [1.807, 2.05) is 6.92 Å². The summed E-state index contributed by atoms with van der Waals surface area (Å²) in [7, 11) is 0. The Hall–Kier alpha value is -1.51. The lowest BCUT2D eigenvalue weighted by Gasteiger charge is -2.32. The summed E-state index contributed by atoms with van der Waals surface area (Å²) in [6.07, 6.45) is 2.95. The Bertz CT molecular complexity index is 643. The minimum atomic E-state index is -0.321. The molecule has 1 heterocycles. The first-order valence-corrected chi connectivity index (χ1v) is 9.26. The molecular formula is C19H30IN5O. The number of nitrogens with two attached hydrogens (primary N) is 1. The van der Waals surface area contributed by atoms with E-state index in [1.165, 1.54) is 11.1 Å². The van der Waals surface area contributed by atoms with Crippen LogP contribution in [-0.4, -0.2) is 48.6 Å². The fraction of sp³-hybridized carbons (Fsp3) is 0.579. The van der Waals surface area contributed by atoms with E-state index < -0.39 is 0 Å². The van der Waals surface area contributed by atoms with Crippen LogP contribution in [0.15, 0.2) is 29.3 Å². The second-order valence-electron chi connectivity index (χ2n) is 7.02. The summed E-state index contributed by atoms with van der Waals surface area (Å²) in [6.45, 7) is 6.39. The predicted molar refractivity (Wildman–Crippen MR) is 116 cm³/mol. The van der Waals surface area contributed by atoms with Crippen molar-refractivity contribution < 1.29 is 4.79 Å². The Balaban J connectivity index is 0.00000243. The molecule has 1 aliphatic carbocycles. The van der Waals surface area contributed by atoms with Crippen LogP contribution in [0.2, 0.25) is 0 Å². The number of aliphatic imine (C=N–C) groups is 1. The molecule has 2 unspecified atom stereocenters. The Morgan fingerprint density at radius 1 is 1.27 bits per heavy atom. The van der Waals surface area contributed by atoms with E-state index in [-0.39, 0.29) is 30.0 Å². The standard InChI is InChI=1S/C19H29N5O.HI/c1-3-21-19(22-14-8-10-24(11-9-14)18(20)25)23-17-12-16(17)15-7-5-4-6-13(15)2;/h4-7,14,16-17H,3,8-12H2,1-2H3,(H2,20,25)(H2,21,22,23);1H. The topological polar surface area (TPSA) is 82.8 Å². The number of piperidine rings is 1. The van der Waals surface area contributed by atoms with Crippen LogP contribution in [0.1, 0.15) is 43.2 Å². The van der Waals surface area contributed by atoms with E-state index >= 15 is 0 Å². The summed E-state index contributed by atoms with van der Waals surface area (Å²) in [4.78, 5) is 17.5. The monoisotopic (exact) mass is 471 g/mol. The van der Waals surface area contributed by atoms with Crippen LogP contribution in [0, 0.1) is 6.92 Å². The normalized spacial score (nSPS) is 23.2. The van der Waals surface area contributed by atoms with Gasteiger partial charge in [0.05, 0.1) is 0 Å². The Labute approximate surface area is 173 Å². The quantitative estimate of drug-likeness (QED) is 0.359. The van der Waals surface area contributed by atoms with E-state index in [0.29, 0.717) is 31.1 Å². The highest BCUT2D eigenvalue weighted by molar-refractivity contribution is 14.0. The van der Waals surface area contributed by atoms with Crippen LogP contribution >= 0.6 is 24.0 Å². The molecule has 0 aromatic heterocycles. The molecule has 0 bridgehead atoms. The highest BCUT2D eigenvalue weighted by Crippen LogP contribution is 2.42. The van der Waals surface area contributed by atoms with Gasteiger partial charge >= 0.3 is 6.03 Å². The van der Waals surface area contributed by atoms with Crippen LogP contribution in [0.3, 0.4) is 0 Å². The number of hydrogen-bond acceptors (Lipinski definition) is 2. The zero-order chi connectivity index (χ0) is 17.8. The minimum Gasteiger partial charge on any atom is -0.354 e. The summed E-state index contributed by atoms with van der Waals surface area (Å²) in [5.74, 6) is 1.46. The van der Waals surface area contributed by atoms with Gasteiger partial charge in [0.15, 0.2) is 5.96 Å². The first kappa shape index (κ1) is 20.8. The Kier molecular flexibility index (Phi) is 7.55. The van der Waals surface area contributed by atoms with Crippen molar-refractivity contribution in [1.82, 2.24) is 15.5 Å². The molecule has 2 fully saturated rings. The first-order valence-electron chi connectivity index (χ1n) is 9.26. The number of carbonyl (C=O) groups excluding carboxylic acids is 1. The van der Waals surface area contributed by atoms with Gasteiger partial charge in [0.2, 0.25) is 0 Å². The number of aryl methyl sites for hydroxylation is 1. The number of primary amides is 1. The lowest BCUT2D eigenvalue weighted by molar-refractivity contribution is 0.188. The molecule has 2 amide bonds.